The fourth-order valence-electron chi connectivity index (χ4n) is 1.81. The molecule has 0 aliphatic heterocycles. The molecule has 0 aromatic rings. The van der Waals surface area contributed by atoms with Crippen molar-refractivity contribution in [1.82, 2.24) is 0 Å². The standard InChI is InChI=1S/C11H18O2/c1-3-13-11(12)8-10-6-4-5-9(2)7-10/h8-9H,3-7H2,1-2H3. The van der Waals surface area contributed by atoms with E-state index in [0.717, 1.165) is 18.8 Å². The Hall–Kier alpha value is -0.790. The molecule has 1 atom stereocenters. The summed E-state index contributed by atoms with van der Waals surface area (Å²) in [5.41, 5.74) is 1.26. The summed E-state index contributed by atoms with van der Waals surface area (Å²) in [5, 5.41) is 0. The number of hydrogen-bond donors (Lipinski definition) is 0. The topological polar surface area (TPSA) is 26.3 Å². The molecule has 0 saturated heterocycles. The normalized spacial score (nSPS) is 26.0. The highest BCUT2D eigenvalue weighted by Gasteiger charge is 2.13. The van der Waals surface area contributed by atoms with E-state index in [0.29, 0.717) is 6.61 Å². The Kier molecular flexibility index (Phi) is 4.00. The number of hydrogen-bond acceptors (Lipinski definition) is 2. The van der Waals surface area contributed by atoms with Crippen molar-refractivity contribution in [2.45, 2.75) is 39.5 Å². The first-order valence-electron chi connectivity index (χ1n) is 5.08. The van der Waals surface area contributed by atoms with Gasteiger partial charge in [0, 0.05) is 6.08 Å². The van der Waals surface area contributed by atoms with Gasteiger partial charge in [-0.3, -0.25) is 0 Å². The monoisotopic (exact) mass is 182 g/mol. The smallest absolute Gasteiger partial charge is 0.330 e. The summed E-state index contributed by atoms with van der Waals surface area (Å²) < 4.78 is 4.86. The van der Waals surface area contributed by atoms with Gasteiger partial charge < -0.3 is 4.74 Å². The van der Waals surface area contributed by atoms with Crippen molar-refractivity contribution in [3.63, 3.8) is 0 Å². The van der Waals surface area contributed by atoms with Crippen LogP contribution in [0.15, 0.2) is 11.6 Å². The number of carbonyl (C=O) groups is 1. The number of rotatable bonds is 2. The largest absolute Gasteiger partial charge is 0.463 e. The number of ether oxygens (including phenoxy) is 1. The average Bonchev–Trinajstić information content (AvgIpc) is 2.04. The van der Waals surface area contributed by atoms with Gasteiger partial charge in [0.05, 0.1) is 6.61 Å². The molecule has 0 aromatic heterocycles. The van der Waals surface area contributed by atoms with Gasteiger partial charge in [-0.1, -0.05) is 18.9 Å². The second-order valence-corrected chi connectivity index (χ2v) is 3.76. The van der Waals surface area contributed by atoms with Crippen molar-refractivity contribution >= 4 is 5.97 Å². The van der Waals surface area contributed by atoms with Crippen molar-refractivity contribution in [2.24, 2.45) is 5.92 Å². The molecular formula is C11H18O2. The fourth-order valence-corrected chi connectivity index (χ4v) is 1.81. The number of esters is 1. The van der Waals surface area contributed by atoms with E-state index in [4.69, 9.17) is 4.74 Å². The van der Waals surface area contributed by atoms with Crippen LogP contribution in [0.1, 0.15) is 39.5 Å². The summed E-state index contributed by atoms with van der Waals surface area (Å²) in [4.78, 5) is 11.1. The molecule has 1 aliphatic rings. The predicted molar refractivity (Wildman–Crippen MR) is 52.3 cm³/mol. The van der Waals surface area contributed by atoms with E-state index >= 15 is 0 Å². The molecule has 2 heteroatoms. The maximum Gasteiger partial charge on any atom is 0.330 e. The maximum atomic E-state index is 11.1. The molecule has 0 amide bonds. The van der Waals surface area contributed by atoms with Crippen molar-refractivity contribution in [3.05, 3.63) is 11.6 Å². The Labute approximate surface area is 80.0 Å². The van der Waals surface area contributed by atoms with Gasteiger partial charge in [-0.05, 0) is 32.1 Å². The molecule has 13 heavy (non-hydrogen) atoms. The summed E-state index contributed by atoms with van der Waals surface area (Å²) in [5.74, 6) is 0.557. The van der Waals surface area contributed by atoms with Crippen LogP contribution in [-0.2, 0) is 9.53 Å². The molecule has 1 aliphatic carbocycles. The molecule has 0 N–H and O–H groups in total. The van der Waals surface area contributed by atoms with Crippen molar-refractivity contribution in [2.75, 3.05) is 6.61 Å². The van der Waals surface area contributed by atoms with E-state index in [2.05, 4.69) is 6.92 Å². The van der Waals surface area contributed by atoms with E-state index in [-0.39, 0.29) is 5.97 Å². The Balaban J connectivity index is 2.44. The van der Waals surface area contributed by atoms with Crippen LogP contribution in [-0.4, -0.2) is 12.6 Å². The molecular weight excluding hydrogens is 164 g/mol. The van der Waals surface area contributed by atoms with Gasteiger partial charge in [-0.15, -0.1) is 0 Å². The van der Waals surface area contributed by atoms with Crippen molar-refractivity contribution in [3.8, 4) is 0 Å². The first-order chi connectivity index (χ1) is 6.22. The fraction of sp³-hybridized carbons (Fsp3) is 0.727. The van der Waals surface area contributed by atoms with Crippen LogP contribution < -0.4 is 0 Å². The van der Waals surface area contributed by atoms with Crippen LogP contribution in [0.5, 0.6) is 0 Å². The van der Waals surface area contributed by atoms with Crippen LogP contribution in [0.4, 0.5) is 0 Å². The van der Waals surface area contributed by atoms with Crippen LogP contribution in [0, 0.1) is 5.92 Å². The summed E-state index contributed by atoms with van der Waals surface area (Å²) >= 11 is 0. The average molecular weight is 182 g/mol. The molecule has 74 valence electrons. The third kappa shape index (κ3) is 3.62. The van der Waals surface area contributed by atoms with E-state index < -0.39 is 0 Å². The minimum absolute atomic E-state index is 0.174. The van der Waals surface area contributed by atoms with Gasteiger partial charge in [0.25, 0.3) is 0 Å². The first-order valence-corrected chi connectivity index (χ1v) is 5.08. The minimum Gasteiger partial charge on any atom is -0.463 e. The van der Waals surface area contributed by atoms with Gasteiger partial charge in [-0.25, -0.2) is 4.79 Å². The Bertz CT molecular complexity index is 206. The molecule has 1 saturated carbocycles. The minimum atomic E-state index is -0.174. The van der Waals surface area contributed by atoms with Crippen LogP contribution in [0.25, 0.3) is 0 Å². The third-order valence-corrected chi connectivity index (χ3v) is 2.41. The summed E-state index contributed by atoms with van der Waals surface area (Å²) in [6.07, 6.45) is 6.33. The first kappa shape index (κ1) is 10.3. The lowest BCUT2D eigenvalue weighted by molar-refractivity contribution is -0.137. The maximum absolute atomic E-state index is 11.1. The van der Waals surface area contributed by atoms with Crippen LogP contribution >= 0.6 is 0 Å². The molecule has 1 rings (SSSR count). The van der Waals surface area contributed by atoms with Crippen molar-refractivity contribution < 1.29 is 9.53 Å². The second kappa shape index (κ2) is 5.05. The zero-order chi connectivity index (χ0) is 9.68. The van der Waals surface area contributed by atoms with E-state index in [9.17, 15) is 4.79 Å². The highest BCUT2D eigenvalue weighted by Crippen LogP contribution is 2.27. The van der Waals surface area contributed by atoms with Crippen LogP contribution in [0.3, 0.4) is 0 Å². The number of allylic oxidation sites excluding steroid dienone is 1. The molecule has 0 bridgehead atoms. The molecule has 1 fully saturated rings. The molecule has 1 unspecified atom stereocenters. The Morgan fingerprint density at radius 2 is 2.46 bits per heavy atom. The van der Waals surface area contributed by atoms with Gasteiger partial charge in [0.1, 0.15) is 0 Å². The predicted octanol–water partition coefficient (Wildman–Crippen LogP) is 2.69. The summed E-state index contributed by atoms with van der Waals surface area (Å²) in [6.45, 7) is 4.54. The van der Waals surface area contributed by atoms with Crippen LogP contribution in [0.2, 0.25) is 0 Å². The van der Waals surface area contributed by atoms with Gasteiger partial charge in [0.15, 0.2) is 0 Å². The van der Waals surface area contributed by atoms with Gasteiger partial charge >= 0.3 is 5.97 Å². The highest BCUT2D eigenvalue weighted by molar-refractivity contribution is 5.82. The Morgan fingerprint density at radius 1 is 1.69 bits per heavy atom. The summed E-state index contributed by atoms with van der Waals surface area (Å²) in [7, 11) is 0. The number of carbonyl (C=O) groups excluding carboxylic acids is 1. The van der Waals surface area contributed by atoms with Crippen molar-refractivity contribution in [1.29, 1.82) is 0 Å². The Morgan fingerprint density at radius 3 is 3.08 bits per heavy atom. The highest BCUT2D eigenvalue weighted by atomic mass is 16.5. The SMILES string of the molecule is CCOC(=O)C=C1CCCC(C)C1. The van der Waals surface area contributed by atoms with E-state index in [1.165, 1.54) is 18.4 Å². The lowest BCUT2D eigenvalue weighted by Gasteiger charge is -2.19. The van der Waals surface area contributed by atoms with E-state index in [1.807, 2.05) is 6.92 Å². The lowest BCUT2D eigenvalue weighted by Crippen LogP contribution is -2.07. The zero-order valence-electron chi connectivity index (χ0n) is 8.51. The summed E-state index contributed by atoms with van der Waals surface area (Å²) in [6, 6.07) is 0. The molecule has 0 heterocycles. The molecule has 0 spiro atoms. The lowest BCUT2D eigenvalue weighted by atomic mass is 9.87. The second-order valence-electron chi connectivity index (χ2n) is 3.76. The molecule has 2 nitrogen and oxygen atoms in total. The van der Waals surface area contributed by atoms with E-state index in [1.54, 1.807) is 6.08 Å². The van der Waals surface area contributed by atoms with Gasteiger partial charge in [0.2, 0.25) is 0 Å². The molecule has 0 aromatic carbocycles. The van der Waals surface area contributed by atoms with Gasteiger partial charge in [-0.2, -0.15) is 0 Å². The third-order valence-electron chi connectivity index (χ3n) is 2.41. The molecule has 0 radical (unpaired) electrons. The quantitative estimate of drug-likeness (QED) is 0.485. The zero-order valence-corrected chi connectivity index (χ0v) is 8.51.